The highest BCUT2D eigenvalue weighted by molar-refractivity contribution is 6.00. The number of likely N-dealkylation sites (N-methyl/N-ethyl adjacent to an activating group) is 1. The van der Waals surface area contributed by atoms with Gasteiger partial charge in [0.15, 0.2) is 0 Å². The summed E-state index contributed by atoms with van der Waals surface area (Å²) in [6.07, 6.45) is 12.8. The second-order valence-electron chi connectivity index (χ2n) is 11.7. The topological polar surface area (TPSA) is 97.0 Å². The van der Waals surface area contributed by atoms with E-state index in [4.69, 9.17) is 9.47 Å². The van der Waals surface area contributed by atoms with Gasteiger partial charge in [-0.1, -0.05) is 38.5 Å². The lowest BCUT2D eigenvalue weighted by Crippen LogP contribution is -2.54. The molecule has 1 aromatic rings. The molecule has 2 saturated carbocycles. The zero-order chi connectivity index (χ0) is 26.5. The third kappa shape index (κ3) is 6.50. The molecular weight excluding hydrogens is 482 g/mol. The number of ether oxygens (including phenoxy) is 2. The lowest BCUT2D eigenvalue weighted by atomic mass is 9.88. The lowest BCUT2D eigenvalue weighted by Gasteiger charge is -2.42. The van der Waals surface area contributed by atoms with Gasteiger partial charge in [-0.05, 0) is 62.6 Å². The number of rotatable bonds is 6. The Morgan fingerprint density at radius 2 is 1.71 bits per heavy atom. The van der Waals surface area contributed by atoms with E-state index in [2.05, 4.69) is 10.6 Å². The van der Waals surface area contributed by atoms with Crippen molar-refractivity contribution < 1.29 is 23.9 Å². The van der Waals surface area contributed by atoms with Crippen molar-refractivity contribution in [1.29, 1.82) is 0 Å². The zero-order valence-corrected chi connectivity index (χ0v) is 22.7. The molecule has 5 rings (SSSR count). The fourth-order valence-corrected chi connectivity index (χ4v) is 6.64. The minimum atomic E-state index is -0.298. The largest absolute Gasteiger partial charge is 0.490 e. The molecule has 0 aromatic heterocycles. The van der Waals surface area contributed by atoms with E-state index in [1.807, 2.05) is 7.05 Å². The number of carbonyl (C=O) groups is 3. The minimum Gasteiger partial charge on any atom is -0.490 e. The number of benzene rings is 1. The van der Waals surface area contributed by atoms with Crippen molar-refractivity contribution >= 4 is 23.4 Å². The average molecular weight is 526 g/mol. The number of fused-ring (bicyclic) bond motifs is 2. The molecule has 2 aliphatic carbocycles. The Hall–Kier alpha value is -2.61. The Morgan fingerprint density at radius 1 is 0.974 bits per heavy atom. The zero-order valence-electron chi connectivity index (χ0n) is 22.7. The molecular formula is C30H43N3O5. The molecule has 8 heteroatoms. The highest BCUT2D eigenvalue weighted by atomic mass is 16.5. The lowest BCUT2D eigenvalue weighted by molar-refractivity contribution is -0.134. The molecule has 4 aliphatic rings. The molecule has 0 spiro atoms. The van der Waals surface area contributed by atoms with Crippen LogP contribution in [0, 0.1) is 11.8 Å². The first-order chi connectivity index (χ1) is 18.5. The SMILES string of the molecule is CN1C(=O)c2cc(NC(=O)C3CCCCC3)ccc2OC[C@H]2O[C@H](CC(=O)NCC3CCCCC3)CC[C@H]21. The van der Waals surface area contributed by atoms with Crippen LogP contribution in [0.15, 0.2) is 18.2 Å². The Bertz CT molecular complexity index is 1000. The highest BCUT2D eigenvalue weighted by Gasteiger charge is 2.39. The third-order valence-electron chi connectivity index (χ3n) is 8.98. The van der Waals surface area contributed by atoms with Crippen molar-refractivity contribution in [3.8, 4) is 5.75 Å². The van der Waals surface area contributed by atoms with E-state index in [0.717, 1.165) is 45.1 Å². The number of amides is 3. The van der Waals surface area contributed by atoms with E-state index >= 15 is 0 Å². The van der Waals surface area contributed by atoms with Crippen LogP contribution in [-0.4, -0.2) is 61.1 Å². The average Bonchev–Trinajstić information content (AvgIpc) is 2.95. The minimum absolute atomic E-state index is 0.0341. The van der Waals surface area contributed by atoms with Crippen LogP contribution in [0.5, 0.6) is 5.75 Å². The number of hydrogen-bond acceptors (Lipinski definition) is 5. The summed E-state index contributed by atoms with van der Waals surface area (Å²) in [4.78, 5) is 40.6. The van der Waals surface area contributed by atoms with Gasteiger partial charge in [-0.3, -0.25) is 14.4 Å². The van der Waals surface area contributed by atoms with E-state index in [-0.39, 0.29) is 41.9 Å². The maximum Gasteiger partial charge on any atom is 0.257 e. The summed E-state index contributed by atoms with van der Waals surface area (Å²) in [7, 11) is 1.81. The van der Waals surface area contributed by atoms with Crippen LogP contribution in [0.4, 0.5) is 5.69 Å². The number of nitrogens with one attached hydrogen (secondary N) is 2. The van der Waals surface area contributed by atoms with Crippen molar-refractivity contribution in [2.75, 3.05) is 25.5 Å². The van der Waals surface area contributed by atoms with Crippen molar-refractivity contribution in [3.63, 3.8) is 0 Å². The first kappa shape index (κ1) is 27.0. The van der Waals surface area contributed by atoms with E-state index in [9.17, 15) is 14.4 Å². The van der Waals surface area contributed by atoms with Crippen LogP contribution in [0.25, 0.3) is 0 Å². The molecule has 8 nitrogen and oxygen atoms in total. The van der Waals surface area contributed by atoms with Crippen LogP contribution < -0.4 is 15.4 Å². The Morgan fingerprint density at radius 3 is 2.47 bits per heavy atom. The van der Waals surface area contributed by atoms with E-state index in [1.54, 1.807) is 23.1 Å². The molecule has 208 valence electrons. The molecule has 2 aliphatic heterocycles. The van der Waals surface area contributed by atoms with Crippen LogP contribution in [0.2, 0.25) is 0 Å². The molecule has 2 N–H and O–H groups in total. The summed E-state index contributed by atoms with van der Waals surface area (Å²) in [5.74, 6) is 1.07. The first-order valence-corrected chi connectivity index (χ1v) is 14.7. The smallest absolute Gasteiger partial charge is 0.257 e. The van der Waals surface area contributed by atoms with Gasteiger partial charge >= 0.3 is 0 Å². The summed E-state index contributed by atoms with van der Waals surface area (Å²) in [5, 5.41) is 6.13. The summed E-state index contributed by atoms with van der Waals surface area (Å²) in [5.41, 5.74) is 1.08. The normalized spacial score (nSPS) is 26.8. The molecule has 0 radical (unpaired) electrons. The van der Waals surface area contributed by atoms with Crippen LogP contribution in [0.1, 0.15) is 93.8 Å². The second-order valence-corrected chi connectivity index (χ2v) is 11.7. The molecule has 3 amide bonds. The molecule has 0 unspecified atom stereocenters. The van der Waals surface area contributed by atoms with Crippen molar-refractivity contribution in [3.05, 3.63) is 23.8 Å². The van der Waals surface area contributed by atoms with Crippen molar-refractivity contribution in [1.82, 2.24) is 10.2 Å². The first-order valence-electron chi connectivity index (χ1n) is 14.7. The van der Waals surface area contributed by atoms with Gasteiger partial charge in [0.1, 0.15) is 18.5 Å². The molecule has 0 bridgehead atoms. The second kappa shape index (κ2) is 12.5. The molecule has 1 aromatic carbocycles. The quantitative estimate of drug-likeness (QED) is 0.563. The number of hydrogen-bond donors (Lipinski definition) is 2. The van der Waals surface area contributed by atoms with E-state index < -0.39 is 0 Å². The highest BCUT2D eigenvalue weighted by Crippen LogP contribution is 2.33. The summed E-state index contributed by atoms with van der Waals surface area (Å²) in [6, 6.07) is 5.17. The van der Waals surface area contributed by atoms with Crippen LogP contribution >= 0.6 is 0 Å². The van der Waals surface area contributed by atoms with E-state index in [1.165, 1.54) is 38.5 Å². The van der Waals surface area contributed by atoms with E-state index in [0.29, 0.717) is 35.9 Å². The Balaban J connectivity index is 1.18. The third-order valence-corrected chi connectivity index (χ3v) is 8.98. The fourth-order valence-electron chi connectivity index (χ4n) is 6.64. The molecule has 2 heterocycles. The van der Waals surface area contributed by atoms with Crippen LogP contribution in [0.3, 0.4) is 0 Å². The van der Waals surface area contributed by atoms with Crippen molar-refractivity contribution in [2.45, 2.75) is 102 Å². The number of nitrogens with zero attached hydrogens (tertiary/aromatic N) is 1. The summed E-state index contributed by atoms with van der Waals surface area (Å²) in [6.45, 7) is 1.07. The van der Waals surface area contributed by atoms with Gasteiger partial charge in [-0.25, -0.2) is 0 Å². The van der Waals surface area contributed by atoms with Gasteiger partial charge in [-0.2, -0.15) is 0 Å². The predicted octanol–water partition coefficient (Wildman–Crippen LogP) is 4.67. The number of carbonyl (C=O) groups excluding carboxylic acids is 3. The summed E-state index contributed by atoms with van der Waals surface area (Å²) < 4.78 is 12.4. The van der Waals surface area contributed by atoms with Gasteiger partial charge in [0.05, 0.1) is 24.1 Å². The number of anilines is 1. The van der Waals surface area contributed by atoms with Crippen LogP contribution in [-0.2, 0) is 14.3 Å². The molecule has 3 fully saturated rings. The van der Waals surface area contributed by atoms with Gasteiger partial charge in [0, 0.05) is 25.2 Å². The summed E-state index contributed by atoms with van der Waals surface area (Å²) >= 11 is 0. The Kier molecular flexibility index (Phi) is 8.87. The van der Waals surface area contributed by atoms with Gasteiger partial charge < -0.3 is 25.0 Å². The monoisotopic (exact) mass is 525 g/mol. The van der Waals surface area contributed by atoms with Gasteiger partial charge in [0.2, 0.25) is 11.8 Å². The maximum atomic E-state index is 13.5. The van der Waals surface area contributed by atoms with Gasteiger partial charge in [0.25, 0.3) is 5.91 Å². The van der Waals surface area contributed by atoms with Gasteiger partial charge in [-0.15, -0.1) is 0 Å². The molecule has 38 heavy (non-hydrogen) atoms. The van der Waals surface area contributed by atoms with Crippen molar-refractivity contribution in [2.24, 2.45) is 11.8 Å². The predicted molar refractivity (Wildman–Crippen MR) is 145 cm³/mol. The molecule has 1 saturated heterocycles. The standard InChI is InChI=1S/C30H43N3O5/c1-33-25-14-13-23(17-28(34)31-18-20-8-4-2-5-9-20)38-27(25)19-37-26-15-12-22(16-24(26)30(33)36)32-29(35)21-10-6-3-7-11-21/h12,15-16,20-21,23,25,27H,2-11,13-14,17-19H2,1H3,(H,31,34)(H,32,35)/t23-,25+,27+/m0/s1. The Labute approximate surface area is 226 Å². The molecule has 3 atom stereocenters. The maximum absolute atomic E-state index is 13.5. The fraction of sp³-hybridized carbons (Fsp3) is 0.700.